The van der Waals surface area contributed by atoms with E-state index in [-0.39, 0.29) is 5.97 Å². The van der Waals surface area contributed by atoms with Gasteiger partial charge in [0.05, 0.1) is 7.11 Å². The maximum Gasteiger partial charge on any atom is 0.333 e. The Bertz CT molecular complexity index is 493. The van der Waals surface area contributed by atoms with Gasteiger partial charge < -0.3 is 4.74 Å². The van der Waals surface area contributed by atoms with Gasteiger partial charge in [-0.1, -0.05) is 49.2 Å². The smallest absolute Gasteiger partial charge is 0.333 e. The number of benzene rings is 1. The topological polar surface area (TPSA) is 26.3 Å². The molecule has 1 rings (SSSR count). The summed E-state index contributed by atoms with van der Waals surface area (Å²) >= 11 is 0. The van der Waals surface area contributed by atoms with Crippen LogP contribution in [0.3, 0.4) is 0 Å². The molecule has 2 heteroatoms. The van der Waals surface area contributed by atoms with E-state index in [0.29, 0.717) is 0 Å². The van der Waals surface area contributed by atoms with Gasteiger partial charge in [-0.25, -0.2) is 4.79 Å². The molecule has 0 aliphatic rings. The van der Waals surface area contributed by atoms with Crippen LogP contribution in [0.1, 0.15) is 44.2 Å². The van der Waals surface area contributed by atoms with Crippen molar-refractivity contribution >= 4 is 11.5 Å². The number of hydrogen-bond acceptors (Lipinski definition) is 2. The van der Waals surface area contributed by atoms with Gasteiger partial charge in [-0.3, -0.25) is 0 Å². The Morgan fingerprint density at radius 1 is 1.25 bits per heavy atom. The monoisotopic (exact) mass is 272 g/mol. The number of aryl methyl sites for hydroxylation is 1. The Kier molecular flexibility index (Phi) is 6.78. The number of carbonyl (C=O) groups excluding carboxylic acids is 1. The fraction of sp³-hybridized carbons (Fsp3) is 0.389. The van der Waals surface area contributed by atoms with Crippen molar-refractivity contribution in [1.29, 1.82) is 0 Å². The summed E-state index contributed by atoms with van der Waals surface area (Å²) < 4.78 is 4.88. The van der Waals surface area contributed by atoms with Gasteiger partial charge in [-0.05, 0) is 43.9 Å². The number of allylic oxidation sites excluding steroid dienone is 3. The highest BCUT2D eigenvalue weighted by molar-refractivity contribution is 5.92. The average molecular weight is 272 g/mol. The van der Waals surface area contributed by atoms with Crippen LogP contribution in [0, 0.1) is 6.92 Å². The summed E-state index contributed by atoms with van der Waals surface area (Å²) in [4.78, 5) is 11.8. The fourth-order valence-electron chi connectivity index (χ4n) is 2.00. The number of methoxy groups -OCH3 is 1. The molecule has 0 aliphatic heterocycles. The van der Waals surface area contributed by atoms with Crippen LogP contribution in [0.2, 0.25) is 0 Å². The quantitative estimate of drug-likeness (QED) is 0.426. The lowest BCUT2D eigenvalue weighted by molar-refractivity contribution is -0.136. The van der Waals surface area contributed by atoms with E-state index >= 15 is 0 Å². The molecule has 1 aromatic rings. The minimum Gasteiger partial charge on any atom is -0.466 e. The number of unbranched alkanes of at least 4 members (excludes halogenated alkanes) is 1. The standard InChI is InChI=1S/C18H24O2/c1-5-7-8-17(18(19)20-4)13-15(6-2)16-11-9-14(3)10-12-16/h6,9-13H,5,7-8H2,1-4H3/b15-6+,17-13+. The fourth-order valence-corrected chi connectivity index (χ4v) is 2.00. The van der Waals surface area contributed by atoms with E-state index in [1.165, 1.54) is 12.7 Å². The molecule has 0 aromatic heterocycles. The number of esters is 1. The second kappa shape index (κ2) is 8.36. The van der Waals surface area contributed by atoms with E-state index in [4.69, 9.17) is 4.74 Å². The first-order valence-corrected chi connectivity index (χ1v) is 7.14. The third-order valence-electron chi connectivity index (χ3n) is 3.27. The van der Waals surface area contributed by atoms with Gasteiger partial charge in [-0.15, -0.1) is 0 Å². The largest absolute Gasteiger partial charge is 0.466 e. The Balaban J connectivity index is 3.05. The van der Waals surface area contributed by atoms with Gasteiger partial charge >= 0.3 is 5.97 Å². The molecule has 0 fully saturated rings. The predicted octanol–water partition coefficient (Wildman–Crippen LogP) is 4.69. The molecule has 0 heterocycles. The molecule has 0 unspecified atom stereocenters. The molecule has 0 saturated heterocycles. The highest BCUT2D eigenvalue weighted by atomic mass is 16.5. The SMILES string of the molecule is C/C=C(\C=C(/CCCC)C(=O)OC)c1ccc(C)cc1. The van der Waals surface area contributed by atoms with Crippen LogP contribution in [-0.2, 0) is 9.53 Å². The van der Waals surface area contributed by atoms with Crippen molar-refractivity contribution in [2.45, 2.75) is 40.0 Å². The van der Waals surface area contributed by atoms with Crippen molar-refractivity contribution < 1.29 is 9.53 Å². The maximum atomic E-state index is 11.8. The lowest BCUT2D eigenvalue weighted by atomic mass is 9.99. The summed E-state index contributed by atoms with van der Waals surface area (Å²) in [6, 6.07) is 8.32. The third-order valence-corrected chi connectivity index (χ3v) is 3.27. The van der Waals surface area contributed by atoms with E-state index in [2.05, 4.69) is 38.1 Å². The van der Waals surface area contributed by atoms with Crippen molar-refractivity contribution in [2.24, 2.45) is 0 Å². The second-order valence-electron chi connectivity index (χ2n) is 4.87. The first kappa shape index (κ1) is 16.2. The Hall–Kier alpha value is -1.83. The van der Waals surface area contributed by atoms with Crippen LogP contribution < -0.4 is 0 Å². The molecular weight excluding hydrogens is 248 g/mol. The molecular formula is C18H24O2. The minimum atomic E-state index is -0.232. The van der Waals surface area contributed by atoms with Crippen molar-refractivity contribution in [3.8, 4) is 0 Å². The van der Waals surface area contributed by atoms with Crippen LogP contribution in [0.5, 0.6) is 0 Å². The van der Waals surface area contributed by atoms with Gasteiger partial charge in [0.1, 0.15) is 0 Å². The molecule has 20 heavy (non-hydrogen) atoms. The average Bonchev–Trinajstić information content (AvgIpc) is 2.48. The maximum absolute atomic E-state index is 11.8. The van der Waals surface area contributed by atoms with Crippen LogP contribution in [0.25, 0.3) is 5.57 Å². The summed E-state index contributed by atoms with van der Waals surface area (Å²) in [7, 11) is 1.43. The van der Waals surface area contributed by atoms with Crippen molar-refractivity contribution in [2.75, 3.05) is 7.11 Å². The molecule has 0 spiro atoms. The van der Waals surface area contributed by atoms with Gasteiger partial charge in [0.25, 0.3) is 0 Å². The van der Waals surface area contributed by atoms with Crippen molar-refractivity contribution in [3.05, 3.63) is 53.1 Å². The summed E-state index contributed by atoms with van der Waals surface area (Å²) in [6.45, 7) is 6.17. The number of carbonyl (C=O) groups is 1. The molecule has 0 bridgehead atoms. The van der Waals surface area contributed by atoms with Crippen LogP contribution >= 0.6 is 0 Å². The van der Waals surface area contributed by atoms with Gasteiger partial charge in [0.15, 0.2) is 0 Å². The third kappa shape index (κ3) is 4.69. The second-order valence-corrected chi connectivity index (χ2v) is 4.87. The molecule has 0 saturated carbocycles. The molecule has 1 aromatic carbocycles. The van der Waals surface area contributed by atoms with E-state index in [1.54, 1.807) is 0 Å². The zero-order valence-electron chi connectivity index (χ0n) is 12.9. The molecule has 2 nitrogen and oxygen atoms in total. The first-order chi connectivity index (χ1) is 9.62. The highest BCUT2D eigenvalue weighted by Crippen LogP contribution is 2.21. The van der Waals surface area contributed by atoms with E-state index in [9.17, 15) is 4.79 Å². The van der Waals surface area contributed by atoms with Gasteiger partial charge in [0.2, 0.25) is 0 Å². The van der Waals surface area contributed by atoms with Crippen LogP contribution in [0.4, 0.5) is 0 Å². The molecule has 0 N–H and O–H groups in total. The predicted molar refractivity (Wildman–Crippen MR) is 84.5 cm³/mol. The Labute approximate surface area is 122 Å². The number of rotatable bonds is 6. The van der Waals surface area contributed by atoms with Gasteiger partial charge in [-0.2, -0.15) is 0 Å². The van der Waals surface area contributed by atoms with Crippen molar-refractivity contribution in [3.63, 3.8) is 0 Å². The lowest BCUT2D eigenvalue weighted by Gasteiger charge is -2.08. The van der Waals surface area contributed by atoms with Crippen LogP contribution in [0.15, 0.2) is 42.0 Å². The lowest BCUT2D eigenvalue weighted by Crippen LogP contribution is -2.05. The summed E-state index contributed by atoms with van der Waals surface area (Å²) in [5.74, 6) is -0.232. The zero-order valence-corrected chi connectivity index (χ0v) is 12.9. The Morgan fingerprint density at radius 3 is 2.40 bits per heavy atom. The molecule has 0 atom stereocenters. The normalized spacial score (nSPS) is 12.4. The van der Waals surface area contributed by atoms with Gasteiger partial charge in [0, 0.05) is 5.57 Å². The zero-order chi connectivity index (χ0) is 15.0. The van der Waals surface area contributed by atoms with E-state index < -0.39 is 0 Å². The molecule has 108 valence electrons. The first-order valence-electron chi connectivity index (χ1n) is 7.14. The summed E-state index contributed by atoms with van der Waals surface area (Å²) in [5.41, 5.74) is 4.15. The summed E-state index contributed by atoms with van der Waals surface area (Å²) in [5, 5.41) is 0. The van der Waals surface area contributed by atoms with Crippen LogP contribution in [-0.4, -0.2) is 13.1 Å². The summed E-state index contributed by atoms with van der Waals surface area (Å²) in [6.07, 6.45) is 6.79. The minimum absolute atomic E-state index is 0.232. The number of ether oxygens (including phenoxy) is 1. The number of hydrogen-bond donors (Lipinski definition) is 0. The molecule has 0 aliphatic carbocycles. The highest BCUT2D eigenvalue weighted by Gasteiger charge is 2.10. The van der Waals surface area contributed by atoms with Crippen molar-refractivity contribution in [1.82, 2.24) is 0 Å². The molecule has 0 radical (unpaired) electrons. The Morgan fingerprint density at radius 2 is 1.90 bits per heavy atom. The van der Waals surface area contributed by atoms with E-state index in [1.807, 2.05) is 19.1 Å². The van der Waals surface area contributed by atoms with E-state index in [0.717, 1.165) is 36.0 Å². The molecule has 0 amide bonds.